The molecule has 1 rings (SSSR count). The molecule has 0 aromatic carbocycles. The summed E-state index contributed by atoms with van der Waals surface area (Å²) in [4.78, 5) is 4.11. The van der Waals surface area contributed by atoms with E-state index in [0.717, 1.165) is 0 Å². The Balaban J connectivity index is 3.13. The number of aliphatic hydroxyl groups is 1. The van der Waals surface area contributed by atoms with Gasteiger partial charge in [0, 0.05) is 31.9 Å². The Morgan fingerprint density at radius 3 is 2.62 bits per heavy atom. The Labute approximate surface area is 131 Å². The number of pyridine rings is 1. The van der Waals surface area contributed by atoms with Crippen LogP contribution in [-0.2, 0) is 10.0 Å². The second-order valence-corrected chi connectivity index (χ2v) is 7.12. The second kappa shape index (κ2) is 7.93. The standard InChI is InChI=1S/C13H22ClN3O3S/c1-4-15-13-12(14)8-11(9-16-13)21(19,20)17(10(2)3)6-5-7-18/h8-10,18H,4-7H2,1-3H3,(H,15,16). The predicted molar refractivity (Wildman–Crippen MR) is 84.1 cm³/mol. The molecule has 0 radical (unpaired) electrons. The Hall–Kier alpha value is -0.890. The van der Waals surface area contributed by atoms with Crippen molar-refractivity contribution in [2.45, 2.75) is 38.1 Å². The van der Waals surface area contributed by atoms with Gasteiger partial charge in [-0.2, -0.15) is 4.31 Å². The fraction of sp³-hybridized carbons (Fsp3) is 0.615. The highest BCUT2D eigenvalue weighted by Gasteiger charge is 2.27. The molecule has 0 unspecified atom stereocenters. The summed E-state index contributed by atoms with van der Waals surface area (Å²) < 4.78 is 26.6. The number of nitrogens with one attached hydrogen (secondary N) is 1. The molecule has 1 aromatic rings. The molecule has 1 aromatic heterocycles. The molecule has 120 valence electrons. The minimum absolute atomic E-state index is 0.0563. The molecule has 0 saturated heterocycles. The van der Waals surface area contributed by atoms with Crippen LogP contribution in [0.15, 0.2) is 17.2 Å². The van der Waals surface area contributed by atoms with Gasteiger partial charge < -0.3 is 10.4 Å². The van der Waals surface area contributed by atoms with Crippen molar-refractivity contribution >= 4 is 27.4 Å². The molecule has 1 heterocycles. The van der Waals surface area contributed by atoms with Gasteiger partial charge in [-0.25, -0.2) is 13.4 Å². The van der Waals surface area contributed by atoms with Gasteiger partial charge in [-0.05, 0) is 33.3 Å². The van der Waals surface area contributed by atoms with Crippen LogP contribution in [0, 0.1) is 0 Å². The predicted octanol–water partition coefficient (Wildman–Crippen LogP) is 1.95. The molecular formula is C13H22ClN3O3S. The van der Waals surface area contributed by atoms with Gasteiger partial charge in [0.25, 0.3) is 0 Å². The highest BCUT2D eigenvalue weighted by atomic mass is 35.5. The van der Waals surface area contributed by atoms with E-state index in [1.54, 1.807) is 13.8 Å². The highest BCUT2D eigenvalue weighted by Crippen LogP contribution is 2.25. The zero-order valence-corrected chi connectivity index (χ0v) is 14.1. The molecule has 0 aliphatic rings. The third-order valence-corrected chi connectivity index (χ3v) is 5.21. The van der Waals surface area contributed by atoms with E-state index in [-0.39, 0.29) is 29.1 Å². The van der Waals surface area contributed by atoms with E-state index in [0.29, 0.717) is 18.8 Å². The fourth-order valence-corrected chi connectivity index (χ4v) is 3.82. The Morgan fingerprint density at radius 1 is 1.48 bits per heavy atom. The van der Waals surface area contributed by atoms with Gasteiger partial charge in [0.2, 0.25) is 10.0 Å². The summed E-state index contributed by atoms with van der Waals surface area (Å²) in [5.74, 6) is 0.463. The van der Waals surface area contributed by atoms with Crippen LogP contribution in [0.2, 0.25) is 5.02 Å². The van der Waals surface area contributed by atoms with E-state index in [2.05, 4.69) is 10.3 Å². The number of nitrogens with zero attached hydrogens (tertiary/aromatic N) is 2. The molecule has 6 nitrogen and oxygen atoms in total. The molecule has 0 atom stereocenters. The van der Waals surface area contributed by atoms with Gasteiger partial charge in [-0.15, -0.1) is 0 Å². The van der Waals surface area contributed by atoms with E-state index in [1.165, 1.54) is 16.6 Å². The minimum Gasteiger partial charge on any atom is -0.396 e. The molecule has 0 fully saturated rings. The van der Waals surface area contributed by atoms with Crippen molar-refractivity contribution in [2.75, 3.05) is 25.0 Å². The molecule has 0 bridgehead atoms. The first-order valence-corrected chi connectivity index (χ1v) is 8.68. The first-order valence-electron chi connectivity index (χ1n) is 6.86. The number of hydrogen-bond acceptors (Lipinski definition) is 5. The monoisotopic (exact) mass is 335 g/mol. The third-order valence-electron chi connectivity index (χ3n) is 2.88. The van der Waals surface area contributed by atoms with Gasteiger partial charge >= 0.3 is 0 Å². The van der Waals surface area contributed by atoms with Crippen LogP contribution in [-0.4, -0.2) is 48.6 Å². The van der Waals surface area contributed by atoms with Crippen molar-refractivity contribution in [3.05, 3.63) is 17.3 Å². The lowest BCUT2D eigenvalue weighted by molar-refractivity contribution is 0.258. The summed E-state index contributed by atoms with van der Waals surface area (Å²) in [5.41, 5.74) is 0. The molecule has 2 N–H and O–H groups in total. The molecule has 0 amide bonds. The first kappa shape index (κ1) is 18.2. The van der Waals surface area contributed by atoms with Gasteiger partial charge in [0.1, 0.15) is 10.7 Å². The number of anilines is 1. The first-order chi connectivity index (χ1) is 9.84. The quantitative estimate of drug-likeness (QED) is 0.758. The molecular weight excluding hydrogens is 314 g/mol. The maximum absolute atomic E-state index is 12.6. The topological polar surface area (TPSA) is 82.5 Å². The lowest BCUT2D eigenvalue weighted by Gasteiger charge is -2.25. The molecule has 0 aliphatic carbocycles. The van der Waals surface area contributed by atoms with Crippen LogP contribution in [0.4, 0.5) is 5.82 Å². The van der Waals surface area contributed by atoms with Crippen molar-refractivity contribution in [3.8, 4) is 0 Å². The summed E-state index contributed by atoms with van der Waals surface area (Å²) in [5, 5.41) is 12.1. The summed E-state index contributed by atoms with van der Waals surface area (Å²) >= 11 is 6.05. The number of sulfonamides is 1. The average molecular weight is 336 g/mol. The lowest BCUT2D eigenvalue weighted by atomic mass is 10.3. The van der Waals surface area contributed by atoms with Gasteiger partial charge in [-0.1, -0.05) is 11.6 Å². The zero-order chi connectivity index (χ0) is 16.0. The molecule has 21 heavy (non-hydrogen) atoms. The largest absolute Gasteiger partial charge is 0.396 e. The number of aliphatic hydroxyl groups excluding tert-OH is 1. The van der Waals surface area contributed by atoms with Gasteiger partial charge in [0.15, 0.2) is 0 Å². The summed E-state index contributed by atoms with van der Waals surface area (Å²) in [6.45, 7) is 6.32. The average Bonchev–Trinajstić information content (AvgIpc) is 2.41. The van der Waals surface area contributed by atoms with Gasteiger partial charge in [-0.3, -0.25) is 0 Å². The van der Waals surface area contributed by atoms with E-state index in [9.17, 15) is 8.42 Å². The number of hydrogen-bond donors (Lipinski definition) is 2. The second-order valence-electron chi connectivity index (χ2n) is 4.82. The molecule has 0 aliphatic heterocycles. The van der Waals surface area contributed by atoms with Crippen molar-refractivity contribution in [1.29, 1.82) is 0 Å². The van der Waals surface area contributed by atoms with Gasteiger partial charge in [0.05, 0.1) is 5.02 Å². The molecule has 0 saturated carbocycles. The number of aromatic nitrogens is 1. The van der Waals surface area contributed by atoms with Crippen molar-refractivity contribution < 1.29 is 13.5 Å². The minimum atomic E-state index is -3.68. The molecule has 8 heteroatoms. The number of rotatable bonds is 8. The van der Waals surface area contributed by atoms with E-state index < -0.39 is 10.0 Å². The maximum Gasteiger partial charge on any atom is 0.244 e. The SMILES string of the molecule is CCNc1ncc(S(=O)(=O)N(CCCO)C(C)C)cc1Cl. The van der Waals surface area contributed by atoms with Crippen molar-refractivity contribution in [3.63, 3.8) is 0 Å². The zero-order valence-electron chi connectivity index (χ0n) is 12.5. The maximum atomic E-state index is 12.6. The Morgan fingerprint density at radius 2 is 2.14 bits per heavy atom. The lowest BCUT2D eigenvalue weighted by Crippen LogP contribution is -2.38. The normalized spacial score (nSPS) is 12.1. The van der Waals surface area contributed by atoms with Crippen molar-refractivity contribution in [2.24, 2.45) is 0 Å². The molecule has 0 spiro atoms. The fourth-order valence-electron chi connectivity index (χ4n) is 1.88. The van der Waals surface area contributed by atoms with Crippen LogP contribution in [0.5, 0.6) is 0 Å². The highest BCUT2D eigenvalue weighted by molar-refractivity contribution is 7.89. The smallest absolute Gasteiger partial charge is 0.244 e. The Kier molecular flexibility index (Phi) is 6.86. The van der Waals surface area contributed by atoms with E-state index >= 15 is 0 Å². The Bertz CT molecular complexity index is 564. The van der Waals surface area contributed by atoms with Crippen molar-refractivity contribution in [1.82, 2.24) is 9.29 Å². The van der Waals surface area contributed by atoms with Crippen LogP contribution in [0.25, 0.3) is 0 Å². The number of halogens is 1. The van der Waals surface area contributed by atoms with Crippen LogP contribution in [0.1, 0.15) is 27.2 Å². The summed E-state index contributed by atoms with van der Waals surface area (Å²) in [7, 11) is -3.68. The van der Waals surface area contributed by atoms with E-state index in [1.807, 2.05) is 6.92 Å². The third kappa shape index (κ3) is 4.54. The van der Waals surface area contributed by atoms with Crippen LogP contribution < -0.4 is 5.32 Å². The summed E-state index contributed by atoms with van der Waals surface area (Å²) in [6, 6.07) is 1.18. The van der Waals surface area contributed by atoms with E-state index in [4.69, 9.17) is 16.7 Å². The summed E-state index contributed by atoms with van der Waals surface area (Å²) in [6.07, 6.45) is 1.68. The van der Waals surface area contributed by atoms with Crippen LogP contribution >= 0.6 is 11.6 Å². The van der Waals surface area contributed by atoms with Crippen LogP contribution in [0.3, 0.4) is 0 Å².